The molecule has 0 aliphatic carbocycles. The number of aromatic nitrogens is 1. The number of H-pyrrole nitrogens is 1. The van der Waals surface area contributed by atoms with Gasteiger partial charge in [-0.2, -0.15) is 13.2 Å². The number of nitrogens with one attached hydrogen (secondary N) is 2. The third kappa shape index (κ3) is 3.47. The van der Waals surface area contributed by atoms with Crippen LogP contribution in [0, 0.1) is 0 Å². The smallest absolute Gasteiger partial charge is 0.361 e. The summed E-state index contributed by atoms with van der Waals surface area (Å²) in [5, 5.41) is 0.471. The van der Waals surface area contributed by atoms with E-state index in [0.29, 0.717) is 10.9 Å². The van der Waals surface area contributed by atoms with E-state index in [4.69, 9.17) is 0 Å². The zero-order chi connectivity index (χ0) is 15.8. The quantitative estimate of drug-likeness (QED) is 0.888. The minimum Gasteiger partial charge on any atom is -0.361 e. The highest BCUT2D eigenvalue weighted by molar-refractivity contribution is 7.84. The van der Waals surface area contributed by atoms with Gasteiger partial charge < -0.3 is 4.98 Å². The number of para-hydroxylation sites is 1. The van der Waals surface area contributed by atoms with Gasteiger partial charge in [-0.15, -0.1) is 0 Å². The Morgan fingerprint density at radius 3 is 2.38 bits per heavy atom. The van der Waals surface area contributed by atoms with Crippen molar-refractivity contribution in [1.82, 2.24) is 9.71 Å². The van der Waals surface area contributed by atoms with E-state index in [1.165, 1.54) is 6.20 Å². The molecule has 1 unspecified atom stereocenters. The Bertz CT molecular complexity index is 658. The number of rotatable bonds is 3. The van der Waals surface area contributed by atoms with Crippen molar-refractivity contribution in [3.8, 4) is 0 Å². The first-order valence-corrected chi connectivity index (χ1v) is 7.56. The lowest BCUT2D eigenvalue weighted by atomic mass is 10.1. The predicted octanol–water partition coefficient (Wildman–Crippen LogP) is 3.82. The van der Waals surface area contributed by atoms with Gasteiger partial charge in [0.15, 0.2) is 0 Å². The molecular weight excluding hydrogens is 301 g/mol. The van der Waals surface area contributed by atoms with Crippen molar-refractivity contribution < 1.29 is 17.4 Å². The SMILES string of the molecule is CC(C)(C)S(=O)N[C@@H](c1c[nH]c2ccccc12)C(F)(F)F. The van der Waals surface area contributed by atoms with Gasteiger partial charge in [0.1, 0.15) is 6.04 Å². The van der Waals surface area contributed by atoms with Gasteiger partial charge in [-0.3, -0.25) is 0 Å². The van der Waals surface area contributed by atoms with Gasteiger partial charge in [-0.05, 0) is 26.8 Å². The highest BCUT2D eigenvalue weighted by Crippen LogP contribution is 2.37. The van der Waals surface area contributed by atoms with Crippen molar-refractivity contribution in [3.63, 3.8) is 0 Å². The lowest BCUT2D eigenvalue weighted by Gasteiger charge is -2.25. The van der Waals surface area contributed by atoms with Crippen molar-refractivity contribution in [2.75, 3.05) is 0 Å². The van der Waals surface area contributed by atoms with Gasteiger partial charge in [-0.25, -0.2) is 8.93 Å². The standard InChI is InChI=1S/C14H17F3N2OS/c1-13(2,3)21(20)19-12(14(15,16)17)10-8-18-11-7-5-4-6-9(10)11/h4-8,12,18-19H,1-3H3/t12-,21?/m0/s1. The van der Waals surface area contributed by atoms with Crippen LogP contribution in [0.1, 0.15) is 32.4 Å². The third-order valence-electron chi connectivity index (χ3n) is 3.04. The molecule has 3 nitrogen and oxygen atoms in total. The van der Waals surface area contributed by atoms with E-state index in [1.54, 1.807) is 45.0 Å². The van der Waals surface area contributed by atoms with Crippen molar-refractivity contribution in [3.05, 3.63) is 36.0 Å². The predicted molar refractivity (Wildman–Crippen MR) is 78.1 cm³/mol. The number of halogens is 3. The molecule has 1 heterocycles. The van der Waals surface area contributed by atoms with Gasteiger partial charge in [0.25, 0.3) is 0 Å². The highest BCUT2D eigenvalue weighted by Gasteiger charge is 2.44. The second-order valence-electron chi connectivity index (χ2n) is 5.76. The second-order valence-corrected chi connectivity index (χ2v) is 7.76. The van der Waals surface area contributed by atoms with Crippen LogP contribution in [-0.2, 0) is 11.0 Å². The van der Waals surface area contributed by atoms with E-state index in [0.717, 1.165) is 0 Å². The molecule has 0 radical (unpaired) electrons. The van der Waals surface area contributed by atoms with Crippen LogP contribution >= 0.6 is 0 Å². The average molecular weight is 318 g/mol. The van der Waals surface area contributed by atoms with E-state index < -0.39 is 28.0 Å². The number of benzene rings is 1. The monoisotopic (exact) mass is 318 g/mol. The summed E-state index contributed by atoms with van der Waals surface area (Å²) in [5.74, 6) is 0. The van der Waals surface area contributed by atoms with Crippen molar-refractivity contribution in [2.45, 2.75) is 37.7 Å². The van der Waals surface area contributed by atoms with Gasteiger partial charge >= 0.3 is 6.18 Å². The molecule has 0 spiro atoms. The minimum atomic E-state index is -4.54. The molecule has 1 aromatic heterocycles. The van der Waals surface area contributed by atoms with Crippen LogP contribution in [0.15, 0.2) is 30.5 Å². The zero-order valence-electron chi connectivity index (χ0n) is 11.9. The fraction of sp³-hybridized carbons (Fsp3) is 0.429. The summed E-state index contributed by atoms with van der Waals surface area (Å²) in [6.07, 6.45) is -3.22. The number of alkyl halides is 3. The van der Waals surface area contributed by atoms with E-state index in [1.807, 2.05) is 0 Å². The maximum absolute atomic E-state index is 13.3. The topological polar surface area (TPSA) is 44.9 Å². The molecule has 0 fully saturated rings. The molecule has 0 bridgehead atoms. The molecule has 7 heteroatoms. The molecule has 116 valence electrons. The van der Waals surface area contributed by atoms with Gasteiger partial charge in [0, 0.05) is 22.7 Å². The molecule has 2 aromatic rings. The summed E-state index contributed by atoms with van der Waals surface area (Å²) in [7, 11) is -1.83. The van der Waals surface area contributed by atoms with Crippen LogP contribution in [0.5, 0.6) is 0 Å². The molecule has 0 saturated heterocycles. The lowest BCUT2D eigenvalue weighted by Crippen LogP contribution is -2.41. The Labute approximate surface area is 123 Å². The first-order chi connectivity index (χ1) is 9.60. The Morgan fingerprint density at radius 1 is 1.19 bits per heavy atom. The van der Waals surface area contributed by atoms with E-state index >= 15 is 0 Å². The first-order valence-electron chi connectivity index (χ1n) is 6.41. The molecule has 2 N–H and O–H groups in total. The molecule has 21 heavy (non-hydrogen) atoms. The molecule has 0 saturated carbocycles. The van der Waals surface area contributed by atoms with Crippen LogP contribution in [-0.4, -0.2) is 20.1 Å². The Balaban J connectivity index is 2.44. The Morgan fingerprint density at radius 2 is 1.81 bits per heavy atom. The molecule has 0 aliphatic heterocycles. The summed E-state index contributed by atoms with van der Waals surface area (Å²) >= 11 is 0. The maximum atomic E-state index is 13.3. The fourth-order valence-corrected chi connectivity index (χ4v) is 2.75. The summed E-state index contributed by atoms with van der Waals surface area (Å²) in [4.78, 5) is 2.81. The number of aromatic amines is 1. The summed E-state index contributed by atoms with van der Waals surface area (Å²) in [6, 6.07) is 4.75. The van der Waals surface area contributed by atoms with Crippen molar-refractivity contribution >= 4 is 21.9 Å². The number of hydrogen-bond acceptors (Lipinski definition) is 1. The van der Waals surface area contributed by atoms with E-state index in [2.05, 4.69) is 9.71 Å². The molecular formula is C14H17F3N2OS. The third-order valence-corrected chi connectivity index (χ3v) is 4.60. The number of fused-ring (bicyclic) bond motifs is 1. The molecule has 1 aromatic carbocycles. The lowest BCUT2D eigenvalue weighted by molar-refractivity contribution is -0.152. The Kier molecular flexibility index (Phi) is 4.17. The van der Waals surface area contributed by atoms with Crippen LogP contribution in [0.4, 0.5) is 13.2 Å². The number of hydrogen-bond donors (Lipinski definition) is 2. The summed E-state index contributed by atoms with van der Waals surface area (Å²) in [5.41, 5.74) is 0.667. The zero-order valence-corrected chi connectivity index (χ0v) is 12.7. The first kappa shape index (κ1) is 16.0. The molecule has 2 rings (SSSR count). The average Bonchev–Trinajstić information content (AvgIpc) is 2.76. The largest absolute Gasteiger partial charge is 0.408 e. The Hall–Kier alpha value is -1.34. The van der Waals surface area contributed by atoms with Crippen LogP contribution < -0.4 is 4.72 Å². The molecule has 2 atom stereocenters. The van der Waals surface area contributed by atoms with Crippen molar-refractivity contribution in [1.29, 1.82) is 0 Å². The molecule has 0 aliphatic rings. The molecule has 0 amide bonds. The van der Waals surface area contributed by atoms with Gasteiger partial charge in [0.2, 0.25) is 0 Å². The van der Waals surface area contributed by atoms with Crippen molar-refractivity contribution in [2.24, 2.45) is 0 Å². The minimum absolute atomic E-state index is 0.0516. The van der Waals surface area contributed by atoms with Crippen LogP contribution in [0.25, 0.3) is 10.9 Å². The van der Waals surface area contributed by atoms with E-state index in [-0.39, 0.29) is 5.56 Å². The summed E-state index contributed by atoms with van der Waals surface area (Å²) < 4.78 is 53.5. The highest BCUT2D eigenvalue weighted by atomic mass is 32.2. The van der Waals surface area contributed by atoms with Crippen LogP contribution in [0.2, 0.25) is 0 Å². The van der Waals surface area contributed by atoms with Gasteiger partial charge in [0.05, 0.1) is 15.7 Å². The van der Waals surface area contributed by atoms with E-state index in [9.17, 15) is 17.4 Å². The maximum Gasteiger partial charge on any atom is 0.408 e. The fourth-order valence-electron chi connectivity index (χ4n) is 1.92. The normalized spacial score (nSPS) is 16.1. The summed E-state index contributed by atoms with van der Waals surface area (Å²) in [6.45, 7) is 4.87. The van der Waals surface area contributed by atoms with Crippen LogP contribution in [0.3, 0.4) is 0 Å². The van der Waals surface area contributed by atoms with Gasteiger partial charge in [-0.1, -0.05) is 18.2 Å². The second kappa shape index (κ2) is 5.46.